The van der Waals surface area contributed by atoms with Crippen molar-refractivity contribution in [2.24, 2.45) is 0 Å². The van der Waals surface area contributed by atoms with Crippen LogP contribution in [0.1, 0.15) is 50.9 Å². The summed E-state index contributed by atoms with van der Waals surface area (Å²) in [7, 11) is 0. The van der Waals surface area contributed by atoms with Gasteiger partial charge in [0, 0.05) is 18.4 Å². The molecule has 0 fully saturated rings. The predicted molar refractivity (Wildman–Crippen MR) is 125 cm³/mol. The Hall–Kier alpha value is -3.86. The SMILES string of the molecule is CC[C@H](Nc1ncnc2nc[nH]c12)c1nc(NCCCCCC(=O)NO)c2ccccc2n1. The zero-order chi connectivity index (χ0) is 23.0. The molecule has 0 saturated heterocycles. The highest BCUT2D eigenvalue weighted by Crippen LogP contribution is 2.27. The van der Waals surface area contributed by atoms with Crippen molar-refractivity contribution < 1.29 is 10.0 Å². The number of rotatable bonds is 11. The minimum atomic E-state index is -0.358. The van der Waals surface area contributed by atoms with Crippen molar-refractivity contribution in [3.63, 3.8) is 0 Å². The number of hydrogen-bond donors (Lipinski definition) is 5. The lowest BCUT2D eigenvalue weighted by Gasteiger charge is -2.18. The largest absolute Gasteiger partial charge is 0.369 e. The van der Waals surface area contributed by atoms with Gasteiger partial charge in [0.1, 0.15) is 17.7 Å². The smallest absolute Gasteiger partial charge is 0.243 e. The molecule has 0 spiro atoms. The number of unbranched alkanes of at least 4 members (excludes halogenated alkanes) is 2. The predicted octanol–water partition coefficient (Wildman–Crippen LogP) is 3.34. The summed E-state index contributed by atoms with van der Waals surface area (Å²) < 4.78 is 0. The number of para-hydroxylation sites is 1. The molecule has 1 atom stereocenters. The molecule has 0 aliphatic heterocycles. The van der Waals surface area contributed by atoms with Gasteiger partial charge in [0.15, 0.2) is 17.3 Å². The fourth-order valence-electron chi connectivity index (χ4n) is 3.62. The third kappa shape index (κ3) is 5.32. The summed E-state index contributed by atoms with van der Waals surface area (Å²) in [4.78, 5) is 36.6. The molecule has 11 nitrogen and oxygen atoms in total. The third-order valence-electron chi connectivity index (χ3n) is 5.37. The van der Waals surface area contributed by atoms with E-state index in [9.17, 15) is 4.79 Å². The van der Waals surface area contributed by atoms with E-state index in [0.717, 1.165) is 41.5 Å². The Morgan fingerprint density at radius 3 is 2.82 bits per heavy atom. The van der Waals surface area contributed by atoms with Crippen molar-refractivity contribution in [3.05, 3.63) is 42.7 Å². The van der Waals surface area contributed by atoms with Crippen LogP contribution in [0, 0.1) is 0 Å². The van der Waals surface area contributed by atoms with Crippen molar-refractivity contribution in [1.82, 2.24) is 35.4 Å². The van der Waals surface area contributed by atoms with Crippen LogP contribution in [0.2, 0.25) is 0 Å². The fraction of sp³-hybridized carbons (Fsp3) is 0.364. The lowest BCUT2D eigenvalue weighted by molar-refractivity contribution is -0.129. The molecule has 1 aromatic carbocycles. The quantitative estimate of drug-likeness (QED) is 0.132. The lowest BCUT2D eigenvalue weighted by atomic mass is 10.1. The molecule has 3 heterocycles. The van der Waals surface area contributed by atoms with E-state index in [1.165, 1.54) is 6.33 Å². The highest BCUT2D eigenvalue weighted by molar-refractivity contribution is 5.89. The van der Waals surface area contributed by atoms with E-state index in [-0.39, 0.29) is 11.9 Å². The minimum Gasteiger partial charge on any atom is -0.369 e. The van der Waals surface area contributed by atoms with E-state index >= 15 is 0 Å². The Morgan fingerprint density at radius 2 is 1.97 bits per heavy atom. The minimum absolute atomic E-state index is 0.159. The van der Waals surface area contributed by atoms with Crippen LogP contribution < -0.4 is 16.1 Å². The molecule has 0 bridgehead atoms. The van der Waals surface area contributed by atoms with E-state index in [1.807, 2.05) is 24.3 Å². The van der Waals surface area contributed by atoms with Crippen LogP contribution >= 0.6 is 0 Å². The first-order valence-corrected chi connectivity index (χ1v) is 11.0. The number of imidazole rings is 1. The maximum atomic E-state index is 11.1. The number of amides is 1. The van der Waals surface area contributed by atoms with Crippen LogP contribution in [0.15, 0.2) is 36.9 Å². The number of H-pyrrole nitrogens is 1. The lowest BCUT2D eigenvalue weighted by Crippen LogP contribution is -2.18. The van der Waals surface area contributed by atoms with Gasteiger partial charge in [-0.1, -0.05) is 25.5 Å². The Kier molecular flexibility index (Phi) is 7.20. The Morgan fingerprint density at radius 1 is 1.09 bits per heavy atom. The molecule has 0 aliphatic rings. The van der Waals surface area contributed by atoms with Crippen molar-refractivity contribution in [2.45, 2.75) is 45.1 Å². The second kappa shape index (κ2) is 10.6. The molecule has 3 aromatic heterocycles. The number of carbonyl (C=O) groups excluding carboxylic acids is 1. The van der Waals surface area contributed by atoms with E-state index in [1.54, 1.807) is 11.8 Å². The molecule has 172 valence electrons. The molecule has 11 heteroatoms. The first kappa shape index (κ1) is 22.3. The zero-order valence-electron chi connectivity index (χ0n) is 18.4. The van der Waals surface area contributed by atoms with Gasteiger partial charge in [-0.2, -0.15) is 0 Å². The number of fused-ring (bicyclic) bond motifs is 2. The summed E-state index contributed by atoms with van der Waals surface area (Å²) in [6, 6.07) is 7.75. The van der Waals surface area contributed by atoms with Gasteiger partial charge in [0.05, 0.1) is 17.9 Å². The molecule has 1 amide bonds. The number of nitrogens with one attached hydrogen (secondary N) is 4. The maximum Gasteiger partial charge on any atom is 0.243 e. The number of benzene rings is 1. The van der Waals surface area contributed by atoms with Gasteiger partial charge in [0.25, 0.3) is 0 Å². The standard InChI is InChI=1S/C22H27N9O2/c1-2-15(28-22-18-21(25-12-24-18)26-13-27-22)20-29-16-9-6-5-8-14(16)19(30-20)23-11-7-3-4-10-17(32)31-33/h5-6,8-9,12-13,15,33H,2-4,7,10-11H2,1H3,(H,31,32)(H,23,29,30)(H2,24,25,26,27,28)/t15-/m0/s1. The van der Waals surface area contributed by atoms with Gasteiger partial charge < -0.3 is 15.6 Å². The van der Waals surface area contributed by atoms with Crippen LogP contribution in [0.25, 0.3) is 22.1 Å². The Balaban J connectivity index is 1.51. The van der Waals surface area contributed by atoms with Crippen LogP contribution in [-0.2, 0) is 4.79 Å². The fourth-order valence-corrected chi connectivity index (χ4v) is 3.62. The summed E-state index contributed by atoms with van der Waals surface area (Å²) >= 11 is 0. The summed E-state index contributed by atoms with van der Waals surface area (Å²) in [5.41, 5.74) is 3.86. The normalized spacial score (nSPS) is 12.1. The van der Waals surface area contributed by atoms with Gasteiger partial charge in [-0.15, -0.1) is 0 Å². The molecular formula is C22H27N9O2. The Bertz CT molecular complexity index is 1230. The average molecular weight is 450 g/mol. The third-order valence-corrected chi connectivity index (χ3v) is 5.37. The van der Waals surface area contributed by atoms with Gasteiger partial charge >= 0.3 is 0 Å². The maximum absolute atomic E-state index is 11.1. The highest BCUT2D eigenvalue weighted by atomic mass is 16.5. The van der Waals surface area contributed by atoms with Crippen molar-refractivity contribution in [3.8, 4) is 0 Å². The summed E-state index contributed by atoms with van der Waals surface area (Å²) in [5, 5.41) is 16.4. The topological polar surface area (TPSA) is 154 Å². The molecule has 0 aliphatic carbocycles. The summed E-state index contributed by atoms with van der Waals surface area (Å²) in [6.07, 6.45) is 6.60. The zero-order valence-corrected chi connectivity index (χ0v) is 18.4. The molecular weight excluding hydrogens is 422 g/mol. The summed E-state index contributed by atoms with van der Waals surface area (Å²) in [6.45, 7) is 2.78. The molecule has 4 rings (SSSR count). The van der Waals surface area contributed by atoms with Crippen LogP contribution in [-0.4, -0.2) is 47.6 Å². The monoisotopic (exact) mass is 449 g/mol. The molecule has 4 aromatic rings. The van der Waals surface area contributed by atoms with Crippen molar-refractivity contribution in [2.75, 3.05) is 17.2 Å². The summed E-state index contributed by atoms with van der Waals surface area (Å²) in [5.74, 6) is 1.74. The van der Waals surface area contributed by atoms with Crippen LogP contribution in [0.5, 0.6) is 0 Å². The number of nitrogens with zero attached hydrogens (tertiary/aromatic N) is 5. The second-order valence-electron chi connectivity index (χ2n) is 7.65. The Labute approximate surface area is 190 Å². The number of aromatic nitrogens is 6. The van der Waals surface area contributed by atoms with Crippen LogP contribution in [0.3, 0.4) is 0 Å². The van der Waals surface area contributed by atoms with Gasteiger partial charge in [-0.25, -0.2) is 30.4 Å². The number of hydrogen-bond acceptors (Lipinski definition) is 9. The van der Waals surface area contributed by atoms with Gasteiger partial charge in [0.2, 0.25) is 5.91 Å². The number of carbonyl (C=O) groups is 1. The van der Waals surface area contributed by atoms with Crippen molar-refractivity contribution in [1.29, 1.82) is 0 Å². The molecule has 0 unspecified atom stereocenters. The first-order valence-electron chi connectivity index (χ1n) is 11.0. The van der Waals surface area contributed by atoms with Gasteiger partial charge in [-0.05, 0) is 31.4 Å². The molecule has 5 N–H and O–H groups in total. The first-order chi connectivity index (χ1) is 16.2. The molecule has 33 heavy (non-hydrogen) atoms. The van der Waals surface area contributed by atoms with E-state index in [2.05, 4.69) is 37.5 Å². The number of hydroxylamine groups is 1. The number of anilines is 2. The van der Waals surface area contributed by atoms with E-state index in [4.69, 9.17) is 15.2 Å². The van der Waals surface area contributed by atoms with Crippen LogP contribution in [0.4, 0.5) is 11.6 Å². The molecule has 0 radical (unpaired) electrons. The van der Waals surface area contributed by atoms with Crippen molar-refractivity contribution >= 4 is 39.6 Å². The average Bonchev–Trinajstić information content (AvgIpc) is 3.34. The van der Waals surface area contributed by atoms with E-state index in [0.29, 0.717) is 36.7 Å². The highest BCUT2D eigenvalue weighted by Gasteiger charge is 2.18. The number of aromatic amines is 1. The second-order valence-corrected chi connectivity index (χ2v) is 7.65. The molecule has 0 saturated carbocycles. The van der Waals surface area contributed by atoms with Gasteiger partial charge in [-0.3, -0.25) is 10.0 Å². The van der Waals surface area contributed by atoms with E-state index < -0.39 is 0 Å².